The number of rotatable bonds is 6. The van der Waals surface area contributed by atoms with Crippen molar-refractivity contribution in [1.29, 1.82) is 0 Å². The lowest BCUT2D eigenvalue weighted by Gasteiger charge is -2.34. The zero-order valence-corrected chi connectivity index (χ0v) is 18.7. The number of likely N-dealkylation sites (tertiary alicyclic amines) is 1. The van der Waals surface area contributed by atoms with Crippen molar-refractivity contribution in [3.05, 3.63) is 34.9 Å². The molecule has 1 aliphatic heterocycles. The van der Waals surface area contributed by atoms with Crippen LogP contribution in [0.1, 0.15) is 31.2 Å². The van der Waals surface area contributed by atoms with E-state index < -0.39 is 0 Å². The van der Waals surface area contributed by atoms with Crippen molar-refractivity contribution in [2.24, 2.45) is 10.9 Å². The zero-order valence-electron chi connectivity index (χ0n) is 15.6. The minimum absolute atomic E-state index is 0. The molecule has 0 aromatic heterocycles. The maximum atomic E-state index is 11.5. The van der Waals surface area contributed by atoms with E-state index in [9.17, 15) is 4.79 Å². The molecular formula is C19H30ClIN4O. The molecule has 0 atom stereocenters. The molecule has 5 nitrogen and oxygen atoms in total. The molecule has 0 saturated carbocycles. The van der Waals surface area contributed by atoms with E-state index in [1.54, 1.807) is 7.05 Å². The maximum Gasteiger partial charge on any atom is 0.220 e. The Morgan fingerprint density at radius 1 is 1.31 bits per heavy atom. The van der Waals surface area contributed by atoms with Crippen LogP contribution in [0.2, 0.25) is 5.02 Å². The van der Waals surface area contributed by atoms with Crippen molar-refractivity contribution in [1.82, 2.24) is 15.5 Å². The fourth-order valence-corrected chi connectivity index (χ4v) is 3.46. The van der Waals surface area contributed by atoms with E-state index in [1.807, 2.05) is 25.2 Å². The molecule has 1 heterocycles. The molecule has 1 aliphatic rings. The highest BCUT2D eigenvalue weighted by molar-refractivity contribution is 14.0. The SMILES string of the molecule is CN=C(NCCCc1ccccc1Cl)N1CCC(CC(=O)NC)CC1.I. The van der Waals surface area contributed by atoms with Gasteiger partial charge in [0.2, 0.25) is 5.91 Å². The van der Waals surface area contributed by atoms with Gasteiger partial charge in [-0.1, -0.05) is 29.8 Å². The van der Waals surface area contributed by atoms with Crippen LogP contribution in [0, 0.1) is 5.92 Å². The van der Waals surface area contributed by atoms with Gasteiger partial charge < -0.3 is 15.5 Å². The molecule has 2 rings (SSSR count). The largest absolute Gasteiger partial charge is 0.359 e. The number of hydrogen-bond donors (Lipinski definition) is 2. The van der Waals surface area contributed by atoms with Gasteiger partial charge in [0.05, 0.1) is 0 Å². The number of aryl methyl sites for hydroxylation is 1. The van der Waals surface area contributed by atoms with Crippen molar-refractivity contribution in [2.45, 2.75) is 32.1 Å². The Hall–Kier alpha value is -1.02. The maximum absolute atomic E-state index is 11.5. The Balaban J connectivity index is 0.00000338. The number of carbonyl (C=O) groups excluding carboxylic acids is 1. The fourth-order valence-electron chi connectivity index (χ4n) is 3.23. The van der Waals surface area contributed by atoms with Crippen LogP contribution in [0.5, 0.6) is 0 Å². The van der Waals surface area contributed by atoms with Gasteiger partial charge in [0, 0.05) is 45.2 Å². The van der Waals surface area contributed by atoms with E-state index in [-0.39, 0.29) is 29.9 Å². The Kier molecular flexibility index (Phi) is 11.0. The van der Waals surface area contributed by atoms with Crippen LogP contribution in [-0.4, -0.2) is 50.5 Å². The lowest BCUT2D eigenvalue weighted by molar-refractivity contribution is -0.121. The molecule has 7 heteroatoms. The number of amides is 1. The van der Waals surface area contributed by atoms with Crippen LogP contribution in [-0.2, 0) is 11.2 Å². The minimum atomic E-state index is 0. The van der Waals surface area contributed by atoms with Crippen molar-refractivity contribution in [2.75, 3.05) is 33.7 Å². The summed E-state index contributed by atoms with van der Waals surface area (Å²) in [6, 6.07) is 8.00. The first-order valence-electron chi connectivity index (χ1n) is 9.03. The van der Waals surface area contributed by atoms with Gasteiger partial charge in [0.15, 0.2) is 5.96 Å². The quantitative estimate of drug-likeness (QED) is 0.277. The molecular weight excluding hydrogens is 463 g/mol. The molecule has 0 bridgehead atoms. The topological polar surface area (TPSA) is 56.7 Å². The van der Waals surface area contributed by atoms with E-state index in [2.05, 4.69) is 26.6 Å². The second-order valence-corrected chi connectivity index (χ2v) is 6.88. The molecule has 1 aromatic rings. The van der Waals surface area contributed by atoms with Gasteiger partial charge in [-0.2, -0.15) is 0 Å². The number of carbonyl (C=O) groups is 1. The first-order chi connectivity index (χ1) is 12.1. The third-order valence-corrected chi connectivity index (χ3v) is 5.11. The van der Waals surface area contributed by atoms with Gasteiger partial charge in [0.1, 0.15) is 0 Å². The van der Waals surface area contributed by atoms with Crippen molar-refractivity contribution in [3.63, 3.8) is 0 Å². The first kappa shape index (κ1) is 23.0. The van der Waals surface area contributed by atoms with Gasteiger partial charge in [-0.25, -0.2) is 0 Å². The third-order valence-electron chi connectivity index (χ3n) is 4.74. The van der Waals surface area contributed by atoms with Crippen LogP contribution < -0.4 is 10.6 Å². The average Bonchev–Trinajstić information content (AvgIpc) is 2.64. The highest BCUT2D eigenvalue weighted by Crippen LogP contribution is 2.20. The van der Waals surface area contributed by atoms with E-state index in [0.717, 1.165) is 56.3 Å². The van der Waals surface area contributed by atoms with E-state index >= 15 is 0 Å². The summed E-state index contributed by atoms with van der Waals surface area (Å²) < 4.78 is 0. The Morgan fingerprint density at radius 3 is 2.62 bits per heavy atom. The molecule has 1 fully saturated rings. The molecule has 1 aromatic carbocycles. The van der Waals surface area contributed by atoms with Crippen molar-refractivity contribution < 1.29 is 4.79 Å². The molecule has 0 radical (unpaired) electrons. The number of halogens is 2. The Labute approximate surface area is 179 Å². The van der Waals surface area contributed by atoms with Gasteiger partial charge in [-0.05, 0) is 43.2 Å². The van der Waals surface area contributed by atoms with E-state index in [0.29, 0.717) is 12.3 Å². The van der Waals surface area contributed by atoms with Gasteiger partial charge in [0.25, 0.3) is 0 Å². The summed E-state index contributed by atoms with van der Waals surface area (Å²) in [6.45, 7) is 2.77. The lowest BCUT2D eigenvalue weighted by atomic mass is 9.93. The van der Waals surface area contributed by atoms with E-state index in [1.165, 1.54) is 5.56 Å². The van der Waals surface area contributed by atoms with Gasteiger partial charge >= 0.3 is 0 Å². The Bertz CT molecular complexity index is 589. The summed E-state index contributed by atoms with van der Waals surface area (Å²) in [5.41, 5.74) is 1.19. The summed E-state index contributed by atoms with van der Waals surface area (Å²) >= 11 is 6.19. The number of aliphatic imine (C=N–C) groups is 1. The van der Waals surface area contributed by atoms with Gasteiger partial charge in [-0.3, -0.25) is 9.79 Å². The van der Waals surface area contributed by atoms with Crippen LogP contribution >= 0.6 is 35.6 Å². The Morgan fingerprint density at radius 2 is 2.00 bits per heavy atom. The third kappa shape index (κ3) is 7.31. The second-order valence-electron chi connectivity index (χ2n) is 6.48. The smallest absolute Gasteiger partial charge is 0.220 e. The number of piperidine rings is 1. The number of benzene rings is 1. The van der Waals surface area contributed by atoms with Crippen LogP contribution in [0.3, 0.4) is 0 Å². The predicted octanol–water partition coefficient (Wildman–Crippen LogP) is 3.31. The van der Waals surface area contributed by atoms with Crippen LogP contribution in [0.4, 0.5) is 0 Å². The molecule has 0 unspecified atom stereocenters. The first-order valence-corrected chi connectivity index (χ1v) is 9.41. The molecule has 2 N–H and O–H groups in total. The number of nitrogens with zero attached hydrogens (tertiary/aromatic N) is 2. The molecule has 1 amide bonds. The van der Waals surface area contributed by atoms with Crippen molar-refractivity contribution in [3.8, 4) is 0 Å². The molecule has 0 aliphatic carbocycles. The summed E-state index contributed by atoms with van der Waals surface area (Å²) in [5, 5.41) is 7.00. The summed E-state index contributed by atoms with van der Waals surface area (Å²) in [6.07, 6.45) is 4.67. The fraction of sp³-hybridized carbons (Fsp3) is 0.579. The standard InChI is InChI=1S/C19H29ClN4O.HI/c1-21-18(25)14-15-9-12-24(13-10-15)19(22-2)23-11-5-7-16-6-3-4-8-17(16)20;/h3-4,6,8,15H,5,7,9-14H2,1-2H3,(H,21,25)(H,22,23);1H. The highest BCUT2D eigenvalue weighted by Gasteiger charge is 2.22. The normalized spacial score (nSPS) is 15.3. The highest BCUT2D eigenvalue weighted by atomic mass is 127. The van der Waals surface area contributed by atoms with Crippen molar-refractivity contribution >= 4 is 47.4 Å². The monoisotopic (exact) mass is 492 g/mol. The number of nitrogens with one attached hydrogen (secondary N) is 2. The second kappa shape index (κ2) is 12.4. The van der Waals surface area contributed by atoms with Gasteiger partial charge in [-0.15, -0.1) is 24.0 Å². The summed E-state index contributed by atoms with van der Waals surface area (Å²) in [4.78, 5) is 18.2. The zero-order chi connectivity index (χ0) is 18.1. The number of hydrogen-bond acceptors (Lipinski definition) is 2. The van der Waals surface area contributed by atoms with Crippen LogP contribution in [0.15, 0.2) is 29.3 Å². The molecule has 146 valence electrons. The average molecular weight is 493 g/mol. The molecule has 26 heavy (non-hydrogen) atoms. The van der Waals surface area contributed by atoms with E-state index in [4.69, 9.17) is 11.6 Å². The molecule has 0 spiro atoms. The number of guanidine groups is 1. The summed E-state index contributed by atoms with van der Waals surface area (Å²) in [7, 11) is 3.53. The predicted molar refractivity (Wildman–Crippen MR) is 120 cm³/mol. The summed E-state index contributed by atoms with van der Waals surface area (Å²) in [5.74, 6) is 1.58. The minimum Gasteiger partial charge on any atom is -0.359 e. The lowest BCUT2D eigenvalue weighted by Crippen LogP contribution is -2.46. The van der Waals surface area contributed by atoms with Crippen LogP contribution in [0.25, 0.3) is 0 Å². The molecule has 1 saturated heterocycles.